The third-order valence-corrected chi connectivity index (χ3v) is 4.16. The highest BCUT2D eigenvalue weighted by Crippen LogP contribution is 2.21. The van der Waals surface area contributed by atoms with Crippen molar-refractivity contribution in [3.05, 3.63) is 0 Å². The summed E-state index contributed by atoms with van der Waals surface area (Å²) in [5.41, 5.74) is 2.95. The van der Waals surface area contributed by atoms with Gasteiger partial charge in [0.2, 0.25) is 0 Å². The van der Waals surface area contributed by atoms with Crippen molar-refractivity contribution in [2.24, 2.45) is 5.84 Å². The third kappa shape index (κ3) is 4.84. The summed E-state index contributed by atoms with van der Waals surface area (Å²) in [6, 6.07) is 0.398. The molecule has 4 heteroatoms. The lowest BCUT2D eigenvalue weighted by Crippen LogP contribution is -2.39. The molecule has 0 spiro atoms. The molecule has 3 N–H and O–H groups in total. The molecule has 0 aromatic heterocycles. The molecule has 2 saturated heterocycles. The molecular weight excluding hydrogens is 228 g/mol. The minimum atomic E-state index is 0.398. The van der Waals surface area contributed by atoms with Crippen molar-refractivity contribution >= 4 is 0 Å². The Hall–Kier alpha value is -0.160. The summed E-state index contributed by atoms with van der Waals surface area (Å²) in [7, 11) is 0. The van der Waals surface area contributed by atoms with E-state index in [0.29, 0.717) is 18.2 Å². The van der Waals surface area contributed by atoms with Crippen LogP contribution in [0.25, 0.3) is 0 Å². The van der Waals surface area contributed by atoms with Crippen molar-refractivity contribution in [2.75, 3.05) is 13.2 Å². The minimum Gasteiger partial charge on any atom is -0.378 e. The predicted molar refractivity (Wildman–Crippen MR) is 72.1 cm³/mol. The molecule has 106 valence electrons. The number of nitrogens with two attached hydrogens (primary N) is 1. The smallest absolute Gasteiger partial charge is 0.0590 e. The van der Waals surface area contributed by atoms with Gasteiger partial charge in [0.1, 0.15) is 0 Å². The molecule has 0 aromatic carbocycles. The van der Waals surface area contributed by atoms with E-state index < -0.39 is 0 Å². The zero-order valence-electron chi connectivity index (χ0n) is 11.4. The molecule has 2 heterocycles. The topological polar surface area (TPSA) is 56.5 Å². The summed E-state index contributed by atoms with van der Waals surface area (Å²) in [6.45, 7) is 1.89. The van der Waals surface area contributed by atoms with E-state index in [2.05, 4.69) is 5.43 Å². The van der Waals surface area contributed by atoms with Gasteiger partial charge in [-0.25, -0.2) is 0 Å². The fourth-order valence-corrected chi connectivity index (χ4v) is 3.04. The van der Waals surface area contributed by atoms with E-state index in [1.807, 2.05) is 0 Å². The van der Waals surface area contributed by atoms with Gasteiger partial charge >= 0.3 is 0 Å². The van der Waals surface area contributed by atoms with Crippen LogP contribution in [0.5, 0.6) is 0 Å². The van der Waals surface area contributed by atoms with E-state index >= 15 is 0 Å². The highest BCUT2D eigenvalue weighted by atomic mass is 16.5. The standard InChI is InChI=1S/C14H28N2O2/c15-16-12(11-14-6-1-2-9-18-14)5-3-7-13-8-4-10-17-13/h12-14,16H,1-11,15H2. The molecule has 0 radical (unpaired) electrons. The van der Waals surface area contributed by atoms with Crippen LogP contribution in [0.15, 0.2) is 0 Å². The van der Waals surface area contributed by atoms with Crippen molar-refractivity contribution in [2.45, 2.75) is 76.0 Å². The van der Waals surface area contributed by atoms with E-state index in [0.717, 1.165) is 26.1 Å². The highest BCUT2D eigenvalue weighted by molar-refractivity contribution is 4.74. The molecule has 2 aliphatic rings. The number of hydrogen-bond acceptors (Lipinski definition) is 4. The quantitative estimate of drug-likeness (QED) is 0.541. The maximum Gasteiger partial charge on any atom is 0.0590 e. The largest absolute Gasteiger partial charge is 0.378 e. The molecule has 3 unspecified atom stereocenters. The maximum atomic E-state index is 5.77. The molecule has 0 saturated carbocycles. The van der Waals surface area contributed by atoms with Crippen molar-refractivity contribution in [3.63, 3.8) is 0 Å². The monoisotopic (exact) mass is 256 g/mol. The lowest BCUT2D eigenvalue weighted by molar-refractivity contribution is 0.00429. The molecule has 3 atom stereocenters. The van der Waals surface area contributed by atoms with E-state index in [-0.39, 0.29) is 0 Å². The van der Waals surface area contributed by atoms with Gasteiger partial charge in [-0.15, -0.1) is 0 Å². The third-order valence-electron chi connectivity index (χ3n) is 4.16. The van der Waals surface area contributed by atoms with E-state index in [1.165, 1.54) is 44.9 Å². The van der Waals surface area contributed by atoms with Crippen LogP contribution in [-0.2, 0) is 9.47 Å². The molecule has 2 aliphatic heterocycles. The highest BCUT2D eigenvalue weighted by Gasteiger charge is 2.20. The SMILES string of the molecule is NNC(CCCC1CCCO1)CC1CCCCO1. The van der Waals surface area contributed by atoms with Crippen molar-refractivity contribution in [1.29, 1.82) is 0 Å². The minimum absolute atomic E-state index is 0.398. The fourth-order valence-electron chi connectivity index (χ4n) is 3.04. The molecule has 0 aliphatic carbocycles. The molecule has 0 bridgehead atoms. The van der Waals surface area contributed by atoms with Gasteiger partial charge in [-0.1, -0.05) is 0 Å². The summed E-state index contributed by atoms with van der Waals surface area (Å²) >= 11 is 0. The van der Waals surface area contributed by atoms with E-state index in [4.69, 9.17) is 15.3 Å². The van der Waals surface area contributed by atoms with Crippen LogP contribution in [0.3, 0.4) is 0 Å². The molecule has 2 fully saturated rings. The summed E-state index contributed by atoms with van der Waals surface area (Å²) in [4.78, 5) is 0. The Labute approximate surface area is 111 Å². The molecule has 0 aromatic rings. The van der Waals surface area contributed by atoms with Gasteiger partial charge in [-0.3, -0.25) is 11.3 Å². The first kappa shape index (κ1) is 14.3. The first-order chi connectivity index (χ1) is 8.88. The Morgan fingerprint density at radius 2 is 1.83 bits per heavy atom. The number of rotatable bonds is 7. The molecule has 0 amide bonds. The van der Waals surface area contributed by atoms with Gasteiger partial charge in [0, 0.05) is 19.3 Å². The van der Waals surface area contributed by atoms with E-state index in [9.17, 15) is 0 Å². The second-order valence-corrected chi connectivity index (χ2v) is 5.65. The van der Waals surface area contributed by atoms with E-state index in [1.54, 1.807) is 0 Å². The Morgan fingerprint density at radius 3 is 2.50 bits per heavy atom. The number of ether oxygens (including phenoxy) is 2. The van der Waals surface area contributed by atoms with Gasteiger partial charge in [-0.05, 0) is 57.8 Å². The first-order valence-corrected chi connectivity index (χ1v) is 7.58. The Kier molecular flexibility index (Phi) is 6.41. The normalized spacial score (nSPS) is 30.5. The van der Waals surface area contributed by atoms with Crippen LogP contribution < -0.4 is 11.3 Å². The zero-order valence-corrected chi connectivity index (χ0v) is 11.4. The van der Waals surface area contributed by atoms with Gasteiger partial charge in [0.15, 0.2) is 0 Å². The summed E-state index contributed by atoms with van der Waals surface area (Å²) in [6.07, 6.45) is 11.7. The van der Waals surface area contributed by atoms with Crippen molar-refractivity contribution < 1.29 is 9.47 Å². The van der Waals surface area contributed by atoms with Gasteiger partial charge < -0.3 is 9.47 Å². The van der Waals surface area contributed by atoms with Gasteiger partial charge in [0.25, 0.3) is 0 Å². The molecule has 2 rings (SSSR count). The van der Waals surface area contributed by atoms with Crippen LogP contribution in [0, 0.1) is 0 Å². The fraction of sp³-hybridized carbons (Fsp3) is 1.00. The molecule has 18 heavy (non-hydrogen) atoms. The molecular formula is C14H28N2O2. The lowest BCUT2D eigenvalue weighted by Gasteiger charge is -2.26. The van der Waals surface area contributed by atoms with Crippen LogP contribution in [-0.4, -0.2) is 31.5 Å². The Balaban J connectivity index is 1.58. The Morgan fingerprint density at radius 1 is 1.06 bits per heavy atom. The van der Waals surface area contributed by atoms with Crippen molar-refractivity contribution in [1.82, 2.24) is 5.43 Å². The number of hydrazine groups is 1. The average molecular weight is 256 g/mol. The number of nitrogens with one attached hydrogen (secondary N) is 1. The maximum absolute atomic E-state index is 5.77. The Bertz CT molecular complexity index is 214. The zero-order chi connectivity index (χ0) is 12.6. The summed E-state index contributed by atoms with van der Waals surface area (Å²) in [5.74, 6) is 5.65. The van der Waals surface area contributed by atoms with Crippen LogP contribution in [0.2, 0.25) is 0 Å². The second kappa shape index (κ2) is 8.10. The second-order valence-electron chi connectivity index (χ2n) is 5.65. The van der Waals surface area contributed by atoms with Crippen molar-refractivity contribution in [3.8, 4) is 0 Å². The summed E-state index contributed by atoms with van der Waals surface area (Å²) < 4.78 is 11.4. The molecule has 4 nitrogen and oxygen atoms in total. The number of hydrogen-bond donors (Lipinski definition) is 2. The van der Waals surface area contributed by atoms with Crippen LogP contribution >= 0.6 is 0 Å². The average Bonchev–Trinajstić information content (AvgIpc) is 2.92. The van der Waals surface area contributed by atoms with Gasteiger partial charge in [-0.2, -0.15) is 0 Å². The predicted octanol–water partition coefficient (Wildman–Crippen LogP) is 2.13. The van der Waals surface area contributed by atoms with Gasteiger partial charge in [0.05, 0.1) is 12.2 Å². The lowest BCUT2D eigenvalue weighted by atomic mass is 9.97. The van der Waals surface area contributed by atoms with Crippen LogP contribution in [0.1, 0.15) is 57.8 Å². The summed E-state index contributed by atoms with van der Waals surface area (Å²) in [5, 5.41) is 0. The first-order valence-electron chi connectivity index (χ1n) is 7.58. The van der Waals surface area contributed by atoms with Crippen LogP contribution in [0.4, 0.5) is 0 Å².